The first-order chi connectivity index (χ1) is 12.0. The number of hydrogen-bond acceptors (Lipinski definition) is 2. The maximum atomic E-state index is 12.5. The lowest BCUT2D eigenvalue weighted by atomic mass is 10.2. The molecule has 4 nitrogen and oxygen atoms in total. The second kappa shape index (κ2) is 8.09. The number of nitrogens with zero attached hydrogens (tertiary/aromatic N) is 2. The van der Waals surface area contributed by atoms with Gasteiger partial charge in [0.05, 0.1) is 0 Å². The predicted octanol–water partition coefficient (Wildman–Crippen LogP) is 4.65. The van der Waals surface area contributed by atoms with Crippen LogP contribution in [0.5, 0.6) is 0 Å². The van der Waals surface area contributed by atoms with Crippen LogP contribution in [-0.4, -0.2) is 42.0 Å². The van der Waals surface area contributed by atoms with Gasteiger partial charge in [-0.3, -0.25) is 4.90 Å². The zero-order valence-corrected chi connectivity index (χ0v) is 15.6. The molecule has 2 aromatic carbocycles. The first-order valence-corrected chi connectivity index (χ1v) is 9.06. The van der Waals surface area contributed by atoms with Crippen LogP contribution in [0.25, 0.3) is 0 Å². The summed E-state index contributed by atoms with van der Waals surface area (Å²) >= 11 is 11.9. The van der Waals surface area contributed by atoms with Crippen molar-refractivity contribution in [1.82, 2.24) is 9.80 Å². The molecule has 0 unspecified atom stereocenters. The van der Waals surface area contributed by atoms with Crippen LogP contribution in [0.3, 0.4) is 0 Å². The molecule has 2 amide bonds. The number of anilines is 1. The van der Waals surface area contributed by atoms with Crippen LogP contribution in [0.15, 0.2) is 42.5 Å². The second-order valence-electron chi connectivity index (χ2n) is 6.28. The lowest BCUT2D eigenvalue weighted by molar-refractivity contribution is 0.143. The summed E-state index contributed by atoms with van der Waals surface area (Å²) in [5.41, 5.74) is 3.00. The van der Waals surface area contributed by atoms with E-state index in [2.05, 4.69) is 10.2 Å². The molecule has 1 fully saturated rings. The predicted molar refractivity (Wildman–Crippen MR) is 104 cm³/mol. The Hall–Kier alpha value is -1.75. The van der Waals surface area contributed by atoms with Crippen molar-refractivity contribution in [3.8, 4) is 0 Å². The van der Waals surface area contributed by atoms with E-state index in [0.717, 1.165) is 35.9 Å². The smallest absolute Gasteiger partial charge is 0.321 e. The molecule has 1 saturated heterocycles. The molecule has 6 heteroatoms. The van der Waals surface area contributed by atoms with E-state index in [1.807, 2.05) is 48.2 Å². The number of rotatable bonds is 3. The third-order valence-electron chi connectivity index (χ3n) is 4.42. The highest BCUT2D eigenvalue weighted by atomic mass is 35.5. The molecule has 0 bridgehead atoms. The first-order valence-electron chi connectivity index (χ1n) is 8.30. The van der Waals surface area contributed by atoms with Gasteiger partial charge in [-0.25, -0.2) is 4.79 Å². The maximum absolute atomic E-state index is 12.5. The Morgan fingerprint density at radius 1 is 1.00 bits per heavy atom. The monoisotopic (exact) mass is 377 g/mol. The van der Waals surface area contributed by atoms with E-state index >= 15 is 0 Å². The van der Waals surface area contributed by atoms with Crippen LogP contribution in [0.2, 0.25) is 10.0 Å². The summed E-state index contributed by atoms with van der Waals surface area (Å²) in [6, 6.07) is 13.3. The highest BCUT2D eigenvalue weighted by molar-refractivity contribution is 6.31. The van der Waals surface area contributed by atoms with Crippen LogP contribution >= 0.6 is 23.2 Å². The van der Waals surface area contributed by atoms with Gasteiger partial charge in [0, 0.05) is 48.5 Å². The van der Waals surface area contributed by atoms with Crippen molar-refractivity contribution >= 4 is 34.9 Å². The summed E-state index contributed by atoms with van der Waals surface area (Å²) in [5.74, 6) is 0. The number of aryl methyl sites for hydroxylation is 1. The number of carbonyl (C=O) groups excluding carboxylic acids is 1. The number of carbonyl (C=O) groups is 1. The van der Waals surface area contributed by atoms with Crippen LogP contribution in [0, 0.1) is 6.92 Å². The van der Waals surface area contributed by atoms with E-state index in [4.69, 9.17) is 23.2 Å². The van der Waals surface area contributed by atoms with E-state index in [0.29, 0.717) is 18.1 Å². The number of amides is 2. The quantitative estimate of drug-likeness (QED) is 0.844. The number of hydrogen-bond donors (Lipinski definition) is 1. The molecule has 0 aromatic heterocycles. The molecule has 3 rings (SSSR count). The lowest BCUT2D eigenvalue weighted by Crippen LogP contribution is -2.49. The molecular formula is C19H21Cl2N3O. The number of piperazine rings is 1. The molecule has 1 heterocycles. The van der Waals surface area contributed by atoms with Crippen LogP contribution in [0.1, 0.15) is 11.1 Å². The summed E-state index contributed by atoms with van der Waals surface area (Å²) in [7, 11) is 0. The number of urea groups is 1. The van der Waals surface area contributed by atoms with Crippen molar-refractivity contribution < 1.29 is 4.79 Å². The first kappa shape index (κ1) is 18.1. The molecule has 0 saturated carbocycles. The zero-order valence-electron chi connectivity index (χ0n) is 14.1. The Kier molecular flexibility index (Phi) is 5.84. The molecule has 0 aliphatic carbocycles. The Labute approximate surface area is 158 Å². The minimum atomic E-state index is -0.0727. The Morgan fingerprint density at radius 2 is 1.64 bits per heavy atom. The van der Waals surface area contributed by atoms with Crippen molar-refractivity contribution in [3.63, 3.8) is 0 Å². The largest absolute Gasteiger partial charge is 0.322 e. The lowest BCUT2D eigenvalue weighted by Gasteiger charge is -2.34. The molecule has 1 aliphatic rings. The summed E-state index contributed by atoms with van der Waals surface area (Å²) in [4.78, 5) is 16.7. The van der Waals surface area contributed by atoms with Crippen LogP contribution < -0.4 is 5.32 Å². The number of nitrogens with one attached hydrogen (secondary N) is 1. The second-order valence-corrected chi connectivity index (χ2v) is 7.15. The van der Waals surface area contributed by atoms with Crippen LogP contribution in [-0.2, 0) is 6.54 Å². The van der Waals surface area contributed by atoms with Gasteiger partial charge in [-0.2, -0.15) is 0 Å². The maximum Gasteiger partial charge on any atom is 0.321 e. The minimum Gasteiger partial charge on any atom is -0.322 e. The van der Waals surface area contributed by atoms with Crippen molar-refractivity contribution in [1.29, 1.82) is 0 Å². The Morgan fingerprint density at radius 3 is 2.32 bits per heavy atom. The Balaban J connectivity index is 1.52. The molecule has 25 heavy (non-hydrogen) atoms. The van der Waals surface area contributed by atoms with Crippen molar-refractivity contribution in [2.45, 2.75) is 13.5 Å². The standard InChI is InChI=1S/C19H21Cl2N3O/c1-14-2-5-17(21)12-18(14)22-19(25)24-10-8-23(9-11-24)13-15-3-6-16(20)7-4-15/h2-7,12H,8-11,13H2,1H3,(H,22,25). The summed E-state index contributed by atoms with van der Waals surface area (Å²) in [6.07, 6.45) is 0. The third kappa shape index (κ3) is 4.88. The molecule has 132 valence electrons. The van der Waals surface area contributed by atoms with Crippen molar-refractivity contribution in [2.24, 2.45) is 0 Å². The van der Waals surface area contributed by atoms with Crippen molar-refractivity contribution in [3.05, 3.63) is 63.6 Å². The van der Waals surface area contributed by atoms with Gasteiger partial charge in [0.25, 0.3) is 0 Å². The normalized spacial score (nSPS) is 15.2. The third-order valence-corrected chi connectivity index (χ3v) is 4.91. The van der Waals surface area contributed by atoms with Crippen LogP contribution in [0.4, 0.5) is 10.5 Å². The minimum absolute atomic E-state index is 0.0727. The van der Waals surface area contributed by atoms with E-state index in [1.54, 1.807) is 6.07 Å². The molecule has 1 aliphatic heterocycles. The molecule has 0 radical (unpaired) electrons. The molecule has 0 spiro atoms. The zero-order chi connectivity index (χ0) is 17.8. The molecular weight excluding hydrogens is 357 g/mol. The average molecular weight is 378 g/mol. The van der Waals surface area contributed by atoms with Gasteiger partial charge in [-0.15, -0.1) is 0 Å². The van der Waals surface area contributed by atoms with E-state index < -0.39 is 0 Å². The topological polar surface area (TPSA) is 35.6 Å². The fourth-order valence-electron chi connectivity index (χ4n) is 2.88. The molecule has 1 N–H and O–H groups in total. The SMILES string of the molecule is Cc1ccc(Cl)cc1NC(=O)N1CCN(Cc2ccc(Cl)cc2)CC1. The Bertz CT molecular complexity index is 741. The van der Waals surface area contributed by atoms with Gasteiger partial charge in [-0.1, -0.05) is 41.4 Å². The average Bonchev–Trinajstić information content (AvgIpc) is 2.61. The summed E-state index contributed by atoms with van der Waals surface area (Å²) in [5, 5.41) is 4.33. The highest BCUT2D eigenvalue weighted by Crippen LogP contribution is 2.21. The highest BCUT2D eigenvalue weighted by Gasteiger charge is 2.21. The fourth-order valence-corrected chi connectivity index (χ4v) is 3.18. The van der Waals surface area contributed by atoms with E-state index in [1.165, 1.54) is 5.56 Å². The van der Waals surface area contributed by atoms with Gasteiger partial charge in [0.1, 0.15) is 0 Å². The van der Waals surface area contributed by atoms with Gasteiger partial charge >= 0.3 is 6.03 Å². The van der Waals surface area contributed by atoms with Gasteiger partial charge in [-0.05, 0) is 42.3 Å². The molecule has 0 atom stereocenters. The van der Waals surface area contributed by atoms with Gasteiger partial charge < -0.3 is 10.2 Å². The fraction of sp³-hybridized carbons (Fsp3) is 0.316. The van der Waals surface area contributed by atoms with E-state index in [-0.39, 0.29) is 6.03 Å². The van der Waals surface area contributed by atoms with E-state index in [9.17, 15) is 4.79 Å². The van der Waals surface area contributed by atoms with Crippen molar-refractivity contribution in [2.75, 3.05) is 31.5 Å². The summed E-state index contributed by atoms with van der Waals surface area (Å²) < 4.78 is 0. The van der Waals surface area contributed by atoms with Gasteiger partial charge in [0.2, 0.25) is 0 Å². The van der Waals surface area contributed by atoms with Gasteiger partial charge in [0.15, 0.2) is 0 Å². The number of benzene rings is 2. The summed E-state index contributed by atoms with van der Waals surface area (Å²) in [6.45, 7) is 5.95. The molecule has 2 aromatic rings. The number of halogens is 2.